The van der Waals surface area contributed by atoms with Crippen molar-refractivity contribution in [3.05, 3.63) is 29.6 Å². The molecule has 1 heterocycles. The lowest BCUT2D eigenvalue weighted by atomic mass is 9.87. The summed E-state index contributed by atoms with van der Waals surface area (Å²) in [4.78, 5) is 16.0. The Labute approximate surface area is 103 Å². The Bertz CT molecular complexity index is 396. The smallest absolute Gasteiger partial charge is 0.237 e. The van der Waals surface area contributed by atoms with Crippen molar-refractivity contribution >= 4 is 5.91 Å². The molecule has 0 bridgehead atoms. The van der Waals surface area contributed by atoms with E-state index in [9.17, 15) is 4.79 Å². The Balaban J connectivity index is 2.58. The second kappa shape index (κ2) is 5.27. The average Bonchev–Trinajstić information content (AvgIpc) is 2.25. The second-order valence-electron chi connectivity index (χ2n) is 5.33. The Morgan fingerprint density at radius 1 is 1.53 bits per heavy atom. The van der Waals surface area contributed by atoms with Crippen LogP contribution in [0.4, 0.5) is 0 Å². The summed E-state index contributed by atoms with van der Waals surface area (Å²) in [5.41, 5.74) is 7.57. The molecule has 0 aliphatic carbocycles. The molecule has 0 aliphatic rings. The SMILES string of the molecule is Cc1cccnc1CNC(=O)[C@@H](N)C(C)(C)C. The highest BCUT2D eigenvalue weighted by atomic mass is 16.2. The maximum absolute atomic E-state index is 11.8. The van der Waals surface area contributed by atoms with Gasteiger partial charge in [0.2, 0.25) is 5.91 Å². The number of hydrogen-bond donors (Lipinski definition) is 2. The zero-order valence-electron chi connectivity index (χ0n) is 10.9. The maximum atomic E-state index is 11.8. The number of aryl methyl sites for hydroxylation is 1. The van der Waals surface area contributed by atoms with Crippen LogP contribution in [0, 0.1) is 12.3 Å². The molecular formula is C13H21N3O. The van der Waals surface area contributed by atoms with Crippen LogP contribution in [0.25, 0.3) is 0 Å². The Hall–Kier alpha value is -1.42. The van der Waals surface area contributed by atoms with Crippen molar-refractivity contribution in [3.63, 3.8) is 0 Å². The minimum Gasteiger partial charge on any atom is -0.349 e. The van der Waals surface area contributed by atoms with Gasteiger partial charge in [-0.3, -0.25) is 9.78 Å². The molecule has 1 rings (SSSR count). The summed E-state index contributed by atoms with van der Waals surface area (Å²) in [6.45, 7) is 8.24. The lowest BCUT2D eigenvalue weighted by Gasteiger charge is -2.25. The molecule has 0 radical (unpaired) electrons. The number of carbonyl (C=O) groups excluding carboxylic acids is 1. The molecule has 0 aliphatic heterocycles. The van der Waals surface area contributed by atoms with E-state index in [1.165, 1.54) is 0 Å². The molecule has 3 N–H and O–H groups in total. The van der Waals surface area contributed by atoms with Gasteiger partial charge in [-0.25, -0.2) is 0 Å². The predicted octanol–water partition coefficient (Wildman–Crippen LogP) is 1.38. The van der Waals surface area contributed by atoms with Crippen molar-refractivity contribution in [1.29, 1.82) is 0 Å². The molecule has 1 amide bonds. The molecule has 0 spiro atoms. The molecular weight excluding hydrogens is 214 g/mol. The van der Waals surface area contributed by atoms with Crippen LogP contribution in [0.15, 0.2) is 18.3 Å². The number of nitrogens with two attached hydrogens (primary N) is 1. The molecule has 1 aromatic heterocycles. The van der Waals surface area contributed by atoms with Gasteiger partial charge in [0.25, 0.3) is 0 Å². The first kappa shape index (κ1) is 13.6. The van der Waals surface area contributed by atoms with Gasteiger partial charge in [-0.05, 0) is 24.0 Å². The Morgan fingerprint density at radius 3 is 2.71 bits per heavy atom. The van der Waals surface area contributed by atoms with E-state index in [-0.39, 0.29) is 11.3 Å². The molecule has 0 saturated carbocycles. The third-order valence-electron chi connectivity index (χ3n) is 2.76. The predicted molar refractivity (Wildman–Crippen MR) is 68.3 cm³/mol. The summed E-state index contributed by atoms with van der Waals surface area (Å²) in [6.07, 6.45) is 1.72. The number of pyridine rings is 1. The van der Waals surface area contributed by atoms with Gasteiger partial charge in [0.15, 0.2) is 0 Å². The molecule has 0 unspecified atom stereocenters. The van der Waals surface area contributed by atoms with Crippen LogP contribution >= 0.6 is 0 Å². The van der Waals surface area contributed by atoms with Crippen molar-refractivity contribution in [3.8, 4) is 0 Å². The fraction of sp³-hybridized carbons (Fsp3) is 0.538. The molecule has 0 saturated heterocycles. The van der Waals surface area contributed by atoms with Crippen LogP contribution in [0.3, 0.4) is 0 Å². The zero-order chi connectivity index (χ0) is 13.1. The maximum Gasteiger partial charge on any atom is 0.237 e. The molecule has 1 aromatic rings. The highest BCUT2D eigenvalue weighted by Crippen LogP contribution is 2.17. The quantitative estimate of drug-likeness (QED) is 0.831. The van der Waals surface area contributed by atoms with Crippen molar-refractivity contribution in [2.24, 2.45) is 11.1 Å². The van der Waals surface area contributed by atoms with Gasteiger partial charge in [0.05, 0.1) is 18.3 Å². The Morgan fingerprint density at radius 2 is 2.18 bits per heavy atom. The van der Waals surface area contributed by atoms with Crippen molar-refractivity contribution in [2.75, 3.05) is 0 Å². The highest BCUT2D eigenvalue weighted by Gasteiger charge is 2.27. The third-order valence-corrected chi connectivity index (χ3v) is 2.76. The highest BCUT2D eigenvalue weighted by molar-refractivity contribution is 5.82. The standard InChI is InChI=1S/C13H21N3O/c1-9-6-5-7-15-10(9)8-16-12(17)11(14)13(2,3)4/h5-7,11H,8,14H2,1-4H3,(H,16,17)/t11-/m1/s1. The normalized spacial score (nSPS) is 13.2. The van der Waals surface area contributed by atoms with Gasteiger partial charge in [0.1, 0.15) is 0 Å². The van der Waals surface area contributed by atoms with Gasteiger partial charge < -0.3 is 11.1 Å². The largest absolute Gasteiger partial charge is 0.349 e. The van der Waals surface area contributed by atoms with Crippen LogP contribution in [0.2, 0.25) is 0 Å². The lowest BCUT2D eigenvalue weighted by Crippen LogP contribution is -2.48. The molecule has 0 aromatic carbocycles. The number of rotatable bonds is 3. The molecule has 4 heteroatoms. The lowest BCUT2D eigenvalue weighted by molar-refractivity contribution is -0.124. The first-order valence-electron chi connectivity index (χ1n) is 5.76. The third kappa shape index (κ3) is 3.82. The van der Waals surface area contributed by atoms with Gasteiger partial charge in [-0.1, -0.05) is 26.8 Å². The minimum absolute atomic E-state index is 0.137. The average molecular weight is 235 g/mol. The molecule has 0 fully saturated rings. The van der Waals surface area contributed by atoms with Crippen LogP contribution in [0.5, 0.6) is 0 Å². The van der Waals surface area contributed by atoms with Crippen LogP contribution < -0.4 is 11.1 Å². The van der Waals surface area contributed by atoms with E-state index in [1.54, 1.807) is 6.20 Å². The first-order chi connectivity index (χ1) is 7.82. The summed E-state index contributed by atoms with van der Waals surface area (Å²) >= 11 is 0. The first-order valence-corrected chi connectivity index (χ1v) is 5.76. The van der Waals surface area contributed by atoms with Gasteiger partial charge >= 0.3 is 0 Å². The van der Waals surface area contributed by atoms with Crippen molar-refractivity contribution in [1.82, 2.24) is 10.3 Å². The fourth-order valence-corrected chi connectivity index (χ4v) is 1.38. The molecule has 17 heavy (non-hydrogen) atoms. The van der Waals surface area contributed by atoms with Gasteiger partial charge in [-0.15, -0.1) is 0 Å². The monoisotopic (exact) mass is 235 g/mol. The minimum atomic E-state index is -0.508. The van der Waals surface area contributed by atoms with E-state index < -0.39 is 6.04 Å². The van der Waals surface area contributed by atoms with E-state index >= 15 is 0 Å². The second-order valence-corrected chi connectivity index (χ2v) is 5.33. The van der Waals surface area contributed by atoms with E-state index in [2.05, 4.69) is 10.3 Å². The number of nitrogens with one attached hydrogen (secondary N) is 1. The van der Waals surface area contributed by atoms with E-state index in [4.69, 9.17) is 5.73 Å². The Kier molecular flexibility index (Phi) is 4.23. The fourth-order valence-electron chi connectivity index (χ4n) is 1.38. The van der Waals surface area contributed by atoms with E-state index in [1.807, 2.05) is 39.8 Å². The number of aromatic nitrogens is 1. The topological polar surface area (TPSA) is 68.0 Å². The van der Waals surface area contributed by atoms with Gasteiger partial charge in [-0.2, -0.15) is 0 Å². The molecule has 1 atom stereocenters. The summed E-state index contributed by atoms with van der Waals surface area (Å²) < 4.78 is 0. The number of amides is 1. The van der Waals surface area contributed by atoms with Crippen molar-refractivity contribution < 1.29 is 4.79 Å². The summed E-state index contributed by atoms with van der Waals surface area (Å²) in [5, 5.41) is 2.82. The number of nitrogens with zero attached hydrogens (tertiary/aromatic N) is 1. The van der Waals surface area contributed by atoms with E-state index in [0.717, 1.165) is 11.3 Å². The number of carbonyl (C=O) groups is 1. The number of hydrogen-bond acceptors (Lipinski definition) is 3. The summed E-state index contributed by atoms with van der Waals surface area (Å²) in [7, 11) is 0. The van der Waals surface area contributed by atoms with Gasteiger partial charge in [0, 0.05) is 6.20 Å². The van der Waals surface area contributed by atoms with Crippen LogP contribution in [0.1, 0.15) is 32.0 Å². The summed E-state index contributed by atoms with van der Waals surface area (Å²) in [6, 6.07) is 3.34. The zero-order valence-corrected chi connectivity index (χ0v) is 10.9. The summed E-state index contributed by atoms with van der Waals surface area (Å²) in [5.74, 6) is -0.137. The van der Waals surface area contributed by atoms with E-state index in [0.29, 0.717) is 6.54 Å². The molecule has 4 nitrogen and oxygen atoms in total. The van der Waals surface area contributed by atoms with Crippen LogP contribution in [-0.2, 0) is 11.3 Å². The van der Waals surface area contributed by atoms with Crippen LogP contribution in [-0.4, -0.2) is 16.9 Å². The molecule has 94 valence electrons. The van der Waals surface area contributed by atoms with Crippen molar-refractivity contribution in [2.45, 2.75) is 40.3 Å².